The predicted molar refractivity (Wildman–Crippen MR) is 67.5 cm³/mol. The molecule has 2 heteroatoms. The van der Waals surface area contributed by atoms with Crippen molar-refractivity contribution in [2.45, 2.75) is 72.1 Å². The summed E-state index contributed by atoms with van der Waals surface area (Å²) in [5.74, 6) is -0.104. The minimum atomic E-state index is -0.367. The molecule has 94 valence electrons. The monoisotopic (exact) mass is 226 g/mol. The Balaban J connectivity index is 3.75. The Bertz CT molecular complexity index is 209. The second-order valence-corrected chi connectivity index (χ2v) is 4.57. The van der Waals surface area contributed by atoms with Gasteiger partial charge in [0.1, 0.15) is 11.6 Å². The first-order chi connectivity index (χ1) is 7.63. The van der Waals surface area contributed by atoms with E-state index < -0.39 is 0 Å². The third kappa shape index (κ3) is 6.76. The lowest BCUT2D eigenvalue weighted by Gasteiger charge is -2.08. The molecule has 0 saturated carbocycles. The van der Waals surface area contributed by atoms with E-state index >= 15 is 0 Å². The first-order valence-electron chi connectivity index (χ1n) is 6.68. The van der Waals surface area contributed by atoms with E-state index in [-0.39, 0.29) is 17.5 Å². The fraction of sp³-hybridized carbons (Fsp3) is 0.857. The van der Waals surface area contributed by atoms with E-state index in [0.717, 1.165) is 25.7 Å². The summed E-state index contributed by atoms with van der Waals surface area (Å²) in [6.07, 6.45) is 7.49. The lowest BCUT2D eigenvalue weighted by Crippen LogP contribution is -2.20. The van der Waals surface area contributed by atoms with Gasteiger partial charge in [-0.25, -0.2) is 0 Å². The lowest BCUT2D eigenvalue weighted by atomic mass is 9.94. The Hall–Kier alpha value is -0.660. The molecule has 0 aromatic carbocycles. The summed E-state index contributed by atoms with van der Waals surface area (Å²) in [7, 11) is 0. The van der Waals surface area contributed by atoms with E-state index in [2.05, 4.69) is 13.8 Å². The van der Waals surface area contributed by atoms with Crippen molar-refractivity contribution in [1.29, 1.82) is 0 Å². The number of unbranched alkanes of at least 4 members (excludes halogenated alkanes) is 4. The molecule has 2 nitrogen and oxygen atoms in total. The zero-order valence-electron chi connectivity index (χ0n) is 11.1. The van der Waals surface area contributed by atoms with Crippen LogP contribution in [0.1, 0.15) is 72.1 Å². The van der Waals surface area contributed by atoms with Crippen LogP contribution in [0.2, 0.25) is 0 Å². The third-order valence-corrected chi connectivity index (χ3v) is 3.02. The molecule has 1 atom stereocenters. The van der Waals surface area contributed by atoms with Crippen LogP contribution in [0.3, 0.4) is 0 Å². The molecule has 0 amide bonds. The van der Waals surface area contributed by atoms with Crippen LogP contribution in [0, 0.1) is 5.92 Å². The molecule has 0 bridgehead atoms. The van der Waals surface area contributed by atoms with Crippen LogP contribution in [0.4, 0.5) is 0 Å². The minimum absolute atomic E-state index is 0.127. The number of hydrogen-bond donors (Lipinski definition) is 0. The molecule has 0 saturated heterocycles. The minimum Gasteiger partial charge on any atom is -0.299 e. The van der Waals surface area contributed by atoms with Crippen LogP contribution in [0.25, 0.3) is 0 Å². The lowest BCUT2D eigenvalue weighted by molar-refractivity contribution is -0.132. The maximum absolute atomic E-state index is 11.7. The van der Waals surface area contributed by atoms with Crippen molar-refractivity contribution in [3.8, 4) is 0 Å². The number of hydrogen-bond acceptors (Lipinski definition) is 2. The maximum atomic E-state index is 11.7. The molecular weight excluding hydrogens is 200 g/mol. The van der Waals surface area contributed by atoms with E-state index in [1.165, 1.54) is 12.8 Å². The van der Waals surface area contributed by atoms with Crippen molar-refractivity contribution in [3.63, 3.8) is 0 Å². The second-order valence-electron chi connectivity index (χ2n) is 4.57. The van der Waals surface area contributed by atoms with Crippen molar-refractivity contribution in [2.24, 2.45) is 5.92 Å². The van der Waals surface area contributed by atoms with Crippen molar-refractivity contribution < 1.29 is 9.59 Å². The number of carbonyl (C=O) groups is 2. The second kappa shape index (κ2) is 9.56. The standard InChI is InChI=1S/C14H26O2/c1-4-6-8-9-11-14(16)12(3)13(15)10-7-5-2/h12H,4-11H2,1-3H3. The highest BCUT2D eigenvalue weighted by atomic mass is 16.1. The number of ketones is 2. The Kier molecular flexibility index (Phi) is 9.16. The highest BCUT2D eigenvalue weighted by molar-refractivity contribution is 6.01. The van der Waals surface area contributed by atoms with Gasteiger partial charge in [0, 0.05) is 12.8 Å². The summed E-state index contributed by atoms with van der Waals surface area (Å²) in [6.45, 7) is 5.98. The van der Waals surface area contributed by atoms with Gasteiger partial charge < -0.3 is 0 Å². The summed E-state index contributed by atoms with van der Waals surface area (Å²) in [4.78, 5) is 23.3. The Morgan fingerprint density at radius 1 is 0.812 bits per heavy atom. The zero-order valence-corrected chi connectivity index (χ0v) is 11.1. The fourth-order valence-corrected chi connectivity index (χ4v) is 1.69. The Morgan fingerprint density at radius 2 is 1.31 bits per heavy atom. The van der Waals surface area contributed by atoms with E-state index in [4.69, 9.17) is 0 Å². The molecule has 0 aliphatic carbocycles. The average Bonchev–Trinajstić information content (AvgIpc) is 2.30. The molecule has 0 aliphatic rings. The van der Waals surface area contributed by atoms with Crippen LogP contribution in [-0.4, -0.2) is 11.6 Å². The van der Waals surface area contributed by atoms with Crippen LogP contribution in [-0.2, 0) is 9.59 Å². The van der Waals surface area contributed by atoms with Gasteiger partial charge in [0.05, 0.1) is 5.92 Å². The maximum Gasteiger partial charge on any atom is 0.143 e. The third-order valence-electron chi connectivity index (χ3n) is 3.02. The van der Waals surface area contributed by atoms with Crippen molar-refractivity contribution in [3.05, 3.63) is 0 Å². The van der Waals surface area contributed by atoms with E-state index in [1.54, 1.807) is 6.92 Å². The van der Waals surface area contributed by atoms with Crippen LogP contribution < -0.4 is 0 Å². The molecule has 0 heterocycles. The average molecular weight is 226 g/mol. The fourth-order valence-electron chi connectivity index (χ4n) is 1.69. The van der Waals surface area contributed by atoms with Crippen molar-refractivity contribution in [1.82, 2.24) is 0 Å². The van der Waals surface area contributed by atoms with Crippen LogP contribution in [0.15, 0.2) is 0 Å². The first kappa shape index (κ1) is 15.3. The molecule has 0 aromatic heterocycles. The quantitative estimate of drug-likeness (QED) is 0.418. The molecule has 0 aliphatic heterocycles. The van der Waals surface area contributed by atoms with Gasteiger partial charge in [0.25, 0.3) is 0 Å². The van der Waals surface area contributed by atoms with Gasteiger partial charge in [-0.2, -0.15) is 0 Å². The summed E-state index contributed by atoms with van der Waals surface area (Å²) >= 11 is 0. The molecule has 0 fully saturated rings. The molecule has 0 radical (unpaired) electrons. The molecular formula is C14H26O2. The summed E-state index contributed by atoms with van der Waals surface area (Å²) in [6, 6.07) is 0. The Morgan fingerprint density at radius 3 is 1.81 bits per heavy atom. The summed E-state index contributed by atoms with van der Waals surface area (Å²) in [5.41, 5.74) is 0. The van der Waals surface area contributed by atoms with Crippen molar-refractivity contribution >= 4 is 11.6 Å². The zero-order chi connectivity index (χ0) is 12.4. The molecule has 0 aromatic rings. The topological polar surface area (TPSA) is 34.1 Å². The predicted octanol–water partition coefficient (Wildman–Crippen LogP) is 3.92. The van der Waals surface area contributed by atoms with Crippen LogP contribution >= 0.6 is 0 Å². The Labute approximate surface area is 99.8 Å². The SMILES string of the molecule is CCCCCCC(=O)C(C)C(=O)CCCC. The normalized spacial score (nSPS) is 12.4. The number of carbonyl (C=O) groups excluding carboxylic acids is 2. The van der Waals surface area contributed by atoms with Gasteiger partial charge in [0.2, 0.25) is 0 Å². The number of rotatable bonds is 10. The van der Waals surface area contributed by atoms with E-state index in [1.807, 2.05) is 0 Å². The number of Topliss-reactive ketones (excluding diaryl/α,β-unsaturated/α-hetero) is 2. The molecule has 16 heavy (non-hydrogen) atoms. The molecule has 1 unspecified atom stereocenters. The summed E-state index contributed by atoms with van der Waals surface area (Å²) < 4.78 is 0. The van der Waals surface area contributed by atoms with Gasteiger partial charge >= 0.3 is 0 Å². The molecule has 0 rings (SSSR count). The smallest absolute Gasteiger partial charge is 0.143 e. The van der Waals surface area contributed by atoms with E-state index in [9.17, 15) is 9.59 Å². The van der Waals surface area contributed by atoms with Crippen molar-refractivity contribution in [2.75, 3.05) is 0 Å². The molecule has 0 N–H and O–H groups in total. The van der Waals surface area contributed by atoms with Gasteiger partial charge in [0.15, 0.2) is 0 Å². The van der Waals surface area contributed by atoms with Gasteiger partial charge in [-0.15, -0.1) is 0 Å². The van der Waals surface area contributed by atoms with Gasteiger partial charge in [-0.1, -0.05) is 39.5 Å². The van der Waals surface area contributed by atoms with Gasteiger partial charge in [-0.3, -0.25) is 9.59 Å². The van der Waals surface area contributed by atoms with E-state index in [0.29, 0.717) is 12.8 Å². The largest absolute Gasteiger partial charge is 0.299 e. The van der Waals surface area contributed by atoms with Crippen LogP contribution in [0.5, 0.6) is 0 Å². The first-order valence-corrected chi connectivity index (χ1v) is 6.68. The van der Waals surface area contributed by atoms with Gasteiger partial charge in [-0.05, 0) is 19.8 Å². The molecule has 0 spiro atoms. The highest BCUT2D eigenvalue weighted by Gasteiger charge is 2.19. The summed E-state index contributed by atoms with van der Waals surface area (Å²) in [5, 5.41) is 0. The highest BCUT2D eigenvalue weighted by Crippen LogP contribution is 2.11.